The molecule has 0 fully saturated rings. The van der Waals surface area contributed by atoms with Gasteiger partial charge in [-0.05, 0) is 188 Å². The topological polar surface area (TPSA) is 36.9 Å². The van der Waals surface area contributed by atoms with E-state index in [1.807, 2.05) is 0 Å². The first-order valence-corrected chi connectivity index (χ1v) is 43.8. The van der Waals surface area contributed by atoms with Gasteiger partial charge in [-0.3, -0.25) is 0 Å². The third-order valence-electron chi connectivity index (χ3n) is 25.2. The average Bonchev–Trinajstić information content (AvgIpc) is 1.28. The van der Waals surface area contributed by atoms with Crippen LogP contribution in [0, 0.1) is 0 Å². The molecule has 2 heterocycles. The first kappa shape index (κ1) is 76.9. The van der Waals surface area contributed by atoms with Crippen LogP contribution in [0.2, 0.25) is 0 Å². The van der Waals surface area contributed by atoms with Gasteiger partial charge in [-0.2, -0.15) is 0 Å². The summed E-state index contributed by atoms with van der Waals surface area (Å²) >= 11 is 0. The fourth-order valence-corrected chi connectivity index (χ4v) is 19.5. The Morgan fingerprint density at radius 1 is 0.226 bits per heavy atom. The minimum absolute atomic E-state index is 0.0474. The van der Waals surface area contributed by atoms with Crippen LogP contribution in [0.5, 0.6) is 23.0 Å². The van der Waals surface area contributed by atoms with Crippen molar-refractivity contribution in [1.29, 1.82) is 0 Å². The monoisotopic (exact) mass is 1420 g/mol. The van der Waals surface area contributed by atoms with Gasteiger partial charge in [0, 0.05) is 22.0 Å². The van der Waals surface area contributed by atoms with Gasteiger partial charge in [-0.1, -0.05) is 355 Å². The highest BCUT2D eigenvalue weighted by Crippen LogP contribution is 2.59. The number of unbranched alkanes of at least 4 members (excludes halogenated alkanes) is 20. The van der Waals surface area contributed by atoms with Crippen molar-refractivity contribution in [3.05, 3.63) is 180 Å². The molecular formula is C102H130O4. The smallest absolute Gasteiger partial charge is 0.130 e. The molecule has 4 aliphatic rings. The van der Waals surface area contributed by atoms with Crippen LogP contribution in [0.15, 0.2) is 158 Å². The van der Waals surface area contributed by atoms with Crippen molar-refractivity contribution in [3.8, 4) is 89.8 Å². The number of hydrogen-bond donors (Lipinski definition) is 0. The van der Waals surface area contributed by atoms with Crippen molar-refractivity contribution >= 4 is 21.5 Å². The van der Waals surface area contributed by atoms with E-state index in [0.717, 1.165) is 85.5 Å². The summed E-state index contributed by atoms with van der Waals surface area (Å²) in [6.45, 7) is 12.0. The molecular weight excluding hydrogens is 1290 g/mol. The summed E-state index contributed by atoms with van der Waals surface area (Å²) in [6, 6.07) is 62.9. The highest BCUT2D eigenvalue weighted by molar-refractivity contribution is 6.24. The predicted octanol–water partition coefficient (Wildman–Crippen LogP) is 31.2. The van der Waals surface area contributed by atoms with Gasteiger partial charge < -0.3 is 18.9 Å². The zero-order chi connectivity index (χ0) is 72.6. The molecule has 9 aromatic rings. The Bertz CT molecular complexity index is 3900. The van der Waals surface area contributed by atoms with E-state index in [0.29, 0.717) is 26.4 Å². The summed E-state index contributed by atoms with van der Waals surface area (Å²) in [7, 11) is 0. The Labute approximate surface area is 641 Å². The average molecular weight is 1420 g/mol. The Kier molecular flexibility index (Phi) is 28.4. The molecule has 0 atom stereocenters. The van der Waals surface area contributed by atoms with Gasteiger partial charge in [0.15, 0.2) is 0 Å². The Morgan fingerprint density at radius 2 is 0.500 bits per heavy atom. The first-order chi connectivity index (χ1) is 52.5. The molecule has 2 aliphatic carbocycles. The fourth-order valence-electron chi connectivity index (χ4n) is 19.5. The first-order valence-electron chi connectivity index (χ1n) is 43.8. The van der Waals surface area contributed by atoms with Crippen LogP contribution >= 0.6 is 0 Å². The lowest BCUT2D eigenvalue weighted by Crippen LogP contribution is -2.25. The standard InChI is InChI=1S/C102H130O4/c1-5-9-13-17-27-39-65-101(66-40-28-18-14-10-6-2)89-51-37-35-49-81(89)83-61-57-79(75-91(83)101)77-59-63-85-87(73-77)97-86-64-60-78(80-58-62-84-82-50-36-38-52-90(82)102(92(84)76-80,67-41-29-19-15-11-7-3)68-42-30-20-16-12-8-4)74-88(86)98(85)100-95-55-48-56-96(100)106-72-46-34-26-22-24-32-44-70-104-94-54-47-53-93(99(94)97)103-69-43-31-23-21-25-33-45-71-105-95/h35-38,47-64,73-76H,5-34,39-46,65-72H2,1-4H3. The van der Waals surface area contributed by atoms with Gasteiger partial charge >= 0.3 is 0 Å². The molecule has 0 amide bonds. The normalized spacial score (nSPS) is 15.8. The maximum atomic E-state index is 7.32. The maximum Gasteiger partial charge on any atom is 0.130 e. The lowest BCUT2D eigenvalue weighted by Gasteiger charge is -2.33. The number of ether oxygens (including phenoxy) is 4. The maximum absolute atomic E-state index is 7.32. The SMILES string of the molecule is CCCCCCCCC1(CCCCCCCC)c2ccccc2-c2ccc(-c3ccc4c5c6cc(-c7ccc8c(c7)C(CCCCCCCC)(CCCCCCCC)c7ccccc7-8)ccc6c(c4c3)-c3c4cccc3OCCCCCCCCCOc3cccc(c3-5)OCCCCCCCCCO4)cc21. The lowest BCUT2D eigenvalue weighted by molar-refractivity contribution is 0.288. The summed E-state index contributed by atoms with van der Waals surface area (Å²) < 4.78 is 29.3. The van der Waals surface area contributed by atoms with Crippen molar-refractivity contribution in [2.45, 2.75) is 308 Å². The quantitative estimate of drug-likeness (QED) is 0.0332. The zero-order valence-corrected chi connectivity index (χ0v) is 66.2. The van der Waals surface area contributed by atoms with Crippen molar-refractivity contribution in [2.75, 3.05) is 26.4 Å². The van der Waals surface area contributed by atoms with E-state index in [1.54, 1.807) is 11.1 Å². The predicted molar refractivity (Wildman–Crippen MR) is 454 cm³/mol. The highest BCUT2D eigenvalue weighted by Gasteiger charge is 2.44. The van der Waals surface area contributed by atoms with Crippen LogP contribution in [-0.4, -0.2) is 26.4 Å². The van der Waals surface area contributed by atoms with Gasteiger partial charge in [0.05, 0.1) is 37.6 Å². The van der Waals surface area contributed by atoms with Crippen molar-refractivity contribution < 1.29 is 18.9 Å². The third-order valence-corrected chi connectivity index (χ3v) is 25.2. The Hall–Kier alpha value is -7.30. The molecule has 4 heteroatoms. The van der Waals surface area contributed by atoms with Crippen LogP contribution in [0.4, 0.5) is 0 Å². The minimum atomic E-state index is -0.0474. The van der Waals surface area contributed by atoms with Crippen LogP contribution < -0.4 is 18.9 Å². The zero-order valence-electron chi connectivity index (χ0n) is 66.2. The molecule has 0 aromatic heterocycles. The second kappa shape index (κ2) is 39.2. The van der Waals surface area contributed by atoms with E-state index >= 15 is 0 Å². The van der Waals surface area contributed by atoms with E-state index in [9.17, 15) is 0 Å². The molecule has 2 aliphatic heterocycles. The molecule has 0 N–H and O–H groups in total. The highest BCUT2D eigenvalue weighted by atomic mass is 16.5. The fraction of sp³-hybridized carbons (Fsp3) is 0.510. The second-order valence-corrected chi connectivity index (χ2v) is 32.7. The molecule has 9 aromatic carbocycles. The summed E-state index contributed by atoms with van der Waals surface area (Å²) in [6.07, 6.45) is 51.8. The molecule has 4 nitrogen and oxygen atoms in total. The van der Waals surface area contributed by atoms with Gasteiger partial charge in [-0.15, -0.1) is 0 Å². The number of rotatable bonds is 30. The van der Waals surface area contributed by atoms with E-state index in [1.165, 1.54) is 307 Å². The minimum Gasteiger partial charge on any atom is -0.493 e. The summed E-state index contributed by atoms with van der Waals surface area (Å²) in [5.74, 6) is 3.59. The molecule has 0 saturated carbocycles. The molecule has 0 unspecified atom stereocenters. The van der Waals surface area contributed by atoms with Crippen molar-refractivity contribution in [2.24, 2.45) is 0 Å². The molecule has 106 heavy (non-hydrogen) atoms. The van der Waals surface area contributed by atoms with Gasteiger partial charge in [0.2, 0.25) is 0 Å². The molecule has 562 valence electrons. The third kappa shape index (κ3) is 17.9. The van der Waals surface area contributed by atoms with Crippen molar-refractivity contribution in [1.82, 2.24) is 0 Å². The molecule has 0 radical (unpaired) electrons. The van der Waals surface area contributed by atoms with E-state index in [4.69, 9.17) is 18.9 Å². The molecule has 0 spiro atoms. The van der Waals surface area contributed by atoms with E-state index in [2.05, 4.69) is 185 Å². The molecule has 0 saturated heterocycles. The summed E-state index contributed by atoms with van der Waals surface area (Å²) in [5.41, 5.74) is 21.3. The second-order valence-electron chi connectivity index (χ2n) is 32.7. The van der Waals surface area contributed by atoms with Gasteiger partial charge in [0.25, 0.3) is 0 Å². The summed E-state index contributed by atoms with van der Waals surface area (Å²) in [4.78, 5) is 0. The molecule has 13 rings (SSSR count). The molecule has 4 bridgehead atoms. The van der Waals surface area contributed by atoms with Crippen LogP contribution in [0.1, 0.15) is 320 Å². The Morgan fingerprint density at radius 3 is 0.830 bits per heavy atom. The number of benzene rings is 9. The number of hydrogen-bond acceptors (Lipinski definition) is 4. The summed E-state index contributed by atoms with van der Waals surface area (Å²) in [5, 5.41) is 4.72. The van der Waals surface area contributed by atoms with Crippen LogP contribution in [0.3, 0.4) is 0 Å². The lowest BCUT2D eigenvalue weighted by atomic mass is 9.70. The number of fused-ring (bicyclic) bond motifs is 6. The van der Waals surface area contributed by atoms with Crippen LogP contribution in [0.25, 0.3) is 88.3 Å². The van der Waals surface area contributed by atoms with E-state index < -0.39 is 0 Å². The van der Waals surface area contributed by atoms with Crippen LogP contribution in [-0.2, 0) is 10.8 Å². The van der Waals surface area contributed by atoms with E-state index in [-0.39, 0.29) is 10.8 Å². The van der Waals surface area contributed by atoms with Gasteiger partial charge in [0.1, 0.15) is 23.0 Å². The van der Waals surface area contributed by atoms with Gasteiger partial charge in [-0.25, -0.2) is 0 Å². The van der Waals surface area contributed by atoms with Crippen molar-refractivity contribution in [3.63, 3.8) is 0 Å². The Balaban J connectivity index is 1.06. The largest absolute Gasteiger partial charge is 0.493 e.